The SMILES string of the molecule is NCC(C1=Nc2ccccc2CC1)N1CCN(c2ccccn2)CC1. The molecule has 0 spiro atoms. The van der Waals surface area contributed by atoms with Crippen LogP contribution in [0.3, 0.4) is 0 Å². The smallest absolute Gasteiger partial charge is 0.128 e. The van der Waals surface area contributed by atoms with E-state index in [4.69, 9.17) is 10.7 Å². The molecule has 1 aromatic carbocycles. The number of rotatable bonds is 4. The van der Waals surface area contributed by atoms with E-state index < -0.39 is 0 Å². The quantitative estimate of drug-likeness (QED) is 0.931. The molecule has 1 saturated heterocycles. The van der Waals surface area contributed by atoms with E-state index in [2.05, 4.69) is 45.1 Å². The summed E-state index contributed by atoms with van der Waals surface area (Å²) in [5.74, 6) is 1.07. The monoisotopic (exact) mass is 335 g/mol. The molecule has 4 rings (SSSR count). The van der Waals surface area contributed by atoms with E-state index in [0.717, 1.165) is 50.5 Å². The number of fused-ring (bicyclic) bond motifs is 1. The Morgan fingerprint density at radius 2 is 1.76 bits per heavy atom. The van der Waals surface area contributed by atoms with Gasteiger partial charge in [0.2, 0.25) is 0 Å². The summed E-state index contributed by atoms with van der Waals surface area (Å²) < 4.78 is 0. The van der Waals surface area contributed by atoms with Crippen LogP contribution in [0, 0.1) is 0 Å². The number of hydrogen-bond acceptors (Lipinski definition) is 5. The van der Waals surface area contributed by atoms with Crippen molar-refractivity contribution in [1.29, 1.82) is 0 Å². The first kappa shape index (κ1) is 16.2. The van der Waals surface area contributed by atoms with Crippen LogP contribution in [0.5, 0.6) is 0 Å². The Hall–Kier alpha value is -2.24. The highest BCUT2D eigenvalue weighted by Gasteiger charge is 2.28. The van der Waals surface area contributed by atoms with Crippen molar-refractivity contribution in [3.63, 3.8) is 0 Å². The van der Waals surface area contributed by atoms with Crippen LogP contribution in [-0.4, -0.2) is 54.4 Å². The number of aryl methyl sites for hydroxylation is 1. The molecular weight excluding hydrogens is 310 g/mol. The fraction of sp³-hybridized carbons (Fsp3) is 0.400. The van der Waals surface area contributed by atoms with Crippen molar-refractivity contribution >= 4 is 17.2 Å². The lowest BCUT2D eigenvalue weighted by Gasteiger charge is -2.40. The largest absolute Gasteiger partial charge is 0.354 e. The summed E-state index contributed by atoms with van der Waals surface area (Å²) in [5.41, 5.74) is 9.86. The molecular formula is C20H25N5. The Morgan fingerprint density at radius 3 is 2.52 bits per heavy atom. The number of nitrogens with two attached hydrogens (primary N) is 1. The van der Waals surface area contributed by atoms with Crippen molar-refractivity contribution in [2.45, 2.75) is 18.9 Å². The van der Waals surface area contributed by atoms with Gasteiger partial charge in [-0.1, -0.05) is 24.3 Å². The summed E-state index contributed by atoms with van der Waals surface area (Å²) in [5, 5.41) is 0. The minimum absolute atomic E-state index is 0.249. The molecule has 2 aliphatic heterocycles. The third kappa shape index (κ3) is 3.43. The van der Waals surface area contributed by atoms with E-state index in [1.54, 1.807) is 0 Å². The van der Waals surface area contributed by atoms with Crippen LogP contribution in [0.2, 0.25) is 0 Å². The Kier molecular flexibility index (Phi) is 4.76. The molecule has 0 amide bonds. The second-order valence-corrected chi connectivity index (χ2v) is 6.69. The van der Waals surface area contributed by atoms with Crippen LogP contribution in [0.25, 0.3) is 0 Å². The fourth-order valence-electron chi connectivity index (χ4n) is 3.85. The third-order valence-electron chi connectivity index (χ3n) is 5.24. The zero-order chi connectivity index (χ0) is 17.1. The number of para-hydroxylation sites is 1. The van der Waals surface area contributed by atoms with Gasteiger partial charge in [0.25, 0.3) is 0 Å². The summed E-state index contributed by atoms with van der Waals surface area (Å²) >= 11 is 0. The van der Waals surface area contributed by atoms with Gasteiger partial charge in [-0.05, 0) is 36.6 Å². The first-order valence-electron chi connectivity index (χ1n) is 9.10. The lowest BCUT2D eigenvalue weighted by molar-refractivity contribution is 0.229. The molecule has 25 heavy (non-hydrogen) atoms. The number of pyridine rings is 1. The summed E-state index contributed by atoms with van der Waals surface area (Å²) in [7, 11) is 0. The maximum absolute atomic E-state index is 6.15. The van der Waals surface area contributed by atoms with Crippen LogP contribution in [-0.2, 0) is 6.42 Å². The number of aromatic nitrogens is 1. The van der Waals surface area contributed by atoms with Gasteiger partial charge in [0.1, 0.15) is 5.82 Å². The van der Waals surface area contributed by atoms with Gasteiger partial charge < -0.3 is 10.6 Å². The molecule has 130 valence electrons. The normalized spacial score (nSPS) is 19.2. The zero-order valence-corrected chi connectivity index (χ0v) is 14.5. The van der Waals surface area contributed by atoms with Gasteiger partial charge in [-0.15, -0.1) is 0 Å². The van der Waals surface area contributed by atoms with Crippen molar-refractivity contribution in [2.24, 2.45) is 10.7 Å². The molecule has 0 bridgehead atoms. The number of benzene rings is 1. The van der Waals surface area contributed by atoms with E-state index in [9.17, 15) is 0 Å². The molecule has 1 unspecified atom stereocenters. The summed E-state index contributed by atoms with van der Waals surface area (Å²) in [4.78, 5) is 14.2. The number of nitrogens with zero attached hydrogens (tertiary/aromatic N) is 4. The number of aliphatic imine (C=N–C) groups is 1. The average Bonchev–Trinajstić information content (AvgIpc) is 2.70. The van der Waals surface area contributed by atoms with Crippen LogP contribution in [0.15, 0.2) is 53.7 Å². The fourth-order valence-corrected chi connectivity index (χ4v) is 3.85. The predicted molar refractivity (Wildman–Crippen MR) is 103 cm³/mol. The second kappa shape index (κ2) is 7.33. The predicted octanol–water partition coefficient (Wildman–Crippen LogP) is 2.25. The minimum atomic E-state index is 0.249. The van der Waals surface area contributed by atoms with E-state index in [1.807, 2.05) is 18.3 Å². The van der Waals surface area contributed by atoms with Crippen molar-refractivity contribution < 1.29 is 0 Å². The van der Waals surface area contributed by atoms with E-state index in [-0.39, 0.29) is 6.04 Å². The van der Waals surface area contributed by atoms with Gasteiger partial charge in [-0.3, -0.25) is 9.89 Å². The standard InChI is InChI=1S/C20H25N5/c21-15-19(18-9-8-16-5-1-2-6-17(16)23-18)24-11-13-25(14-12-24)20-7-3-4-10-22-20/h1-7,10,19H,8-9,11-15,21H2. The van der Waals surface area contributed by atoms with Gasteiger partial charge in [0.05, 0.1) is 11.7 Å². The Bertz CT molecular complexity index is 735. The molecule has 5 nitrogen and oxygen atoms in total. The van der Waals surface area contributed by atoms with Gasteiger partial charge >= 0.3 is 0 Å². The minimum Gasteiger partial charge on any atom is -0.354 e. The highest BCUT2D eigenvalue weighted by molar-refractivity contribution is 5.93. The lowest BCUT2D eigenvalue weighted by Crippen LogP contribution is -2.55. The van der Waals surface area contributed by atoms with Gasteiger partial charge in [-0.2, -0.15) is 0 Å². The van der Waals surface area contributed by atoms with Crippen LogP contribution in [0.4, 0.5) is 11.5 Å². The Balaban J connectivity index is 1.45. The maximum Gasteiger partial charge on any atom is 0.128 e. The summed E-state index contributed by atoms with van der Waals surface area (Å²) in [6.45, 7) is 4.59. The average molecular weight is 335 g/mol. The third-order valence-corrected chi connectivity index (χ3v) is 5.24. The van der Waals surface area contributed by atoms with Crippen LogP contribution in [0.1, 0.15) is 12.0 Å². The highest BCUT2D eigenvalue weighted by atomic mass is 15.3. The second-order valence-electron chi connectivity index (χ2n) is 6.69. The summed E-state index contributed by atoms with van der Waals surface area (Å²) in [6.07, 6.45) is 3.94. The zero-order valence-electron chi connectivity index (χ0n) is 14.5. The van der Waals surface area contributed by atoms with Crippen molar-refractivity contribution in [3.05, 3.63) is 54.2 Å². The first-order valence-corrected chi connectivity index (χ1v) is 9.10. The lowest BCUT2D eigenvalue weighted by atomic mass is 9.96. The molecule has 0 saturated carbocycles. The highest BCUT2D eigenvalue weighted by Crippen LogP contribution is 2.27. The van der Waals surface area contributed by atoms with Gasteiger partial charge in [-0.25, -0.2) is 4.98 Å². The molecule has 1 aromatic heterocycles. The molecule has 1 atom stereocenters. The molecule has 1 fully saturated rings. The molecule has 5 heteroatoms. The molecule has 2 aromatic rings. The molecule has 3 heterocycles. The van der Waals surface area contributed by atoms with Crippen molar-refractivity contribution in [2.75, 3.05) is 37.6 Å². The molecule has 2 aliphatic rings. The molecule has 0 aliphatic carbocycles. The van der Waals surface area contributed by atoms with E-state index in [0.29, 0.717) is 6.54 Å². The van der Waals surface area contributed by atoms with E-state index >= 15 is 0 Å². The first-order chi connectivity index (χ1) is 12.3. The van der Waals surface area contributed by atoms with Crippen LogP contribution >= 0.6 is 0 Å². The maximum atomic E-state index is 6.15. The molecule has 2 N–H and O–H groups in total. The van der Waals surface area contributed by atoms with Gasteiger partial charge in [0.15, 0.2) is 0 Å². The summed E-state index contributed by atoms with van der Waals surface area (Å²) in [6, 6.07) is 14.8. The van der Waals surface area contributed by atoms with E-state index in [1.165, 1.54) is 11.3 Å². The van der Waals surface area contributed by atoms with Crippen molar-refractivity contribution in [1.82, 2.24) is 9.88 Å². The number of hydrogen-bond donors (Lipinski definition) is 1. The molecule has 0 radical (unpaired) electrons. The number of anilines is 1. The Morgan fingerprint density at radius 1 is 0.960 bits per heavy atom. The Labute approximate surface area is 149 Å². The topological polar surface area (TPSA) is 57.8 Å². The van der Waals surface area contributed by atoms with Crippen LogP contribution < -0.4 is 10.6 Å². The van der Waals surface area contributed by atoms with Crippen molar-refractivity contribution in [3.8, 4) is 0 Å². The number of piperazine rings is 1. The van der Waals surface area contributed by atoms with Gasteiger partial charge in [0, 0.05) is 44.6 Å².